The second kappa shape index (κ2) is 5.91. The lowest BCUT2D eigenvalue weighted by Gasteiger charge is -2.23. The van der Waals surface area contributed by atoms with Crippen molar-refractivity contribution in [2.45, 2.75) is 37.1 Å². The predicted octanol–water partition coefficient (Wildman–Crippen LogP) is 3.84. The third-order valence-corrected chi connectivity index (χ3v) is 6.91. The van der Waals surface area contributed by atoms with Crippen LogP contribution in [0.25, 0.3) is 0 Å². The number of rotatable bonds is 4. The molecule has 1 fully saturated rings. The van der Waals surface area contributed by atoms with E-state index in [4.69, 9.17) is 0 Å². The largest absolute Gasteiger partial charge is 0.243 e. The lowest BCUT2D eigenvalue weighted by molar-refractivity contribution is 0.401. The highest BCUT2D eigenvalue weighted by Crippen LogP contribution is 2.38. The van der Waals surface area contributed by atoms with E-state index in [1.165, 1.54) is 0 Å². The molecule has 1 aromatic carbocycles. The minimum Gasteiger partial charge on any atom is -0.207 e. The van der Waals surface area contributed by atoms with E-state index in [1.54, 1.807) is 27.8 Å². The first kappa shape index (κ1) is 14.8. The summed E-state index contributed by atoms with van der Waals surface area (Å²) in [6.07, 6.45) is 2.75. The number of nitrogens with zero attached hydrogens (tertiary/aromatic N) is 1. The topological polar surface area (TPSA) is 37.4 Å². The summed E-state index contributed by atoms with van der Waals surface area (Å²) >= 11 is 1.64. The average molecular weight is 321 g/mol. The van der Waals surface area contributed by atoms with Crippen LogP contribution in [0, 0.1) is 0 Å². The number of benzene rings is 1. The minimum absolute atomic E-state index is 0.000789. The van der Waals surface area contributed by atoms with Crippen LogP contribution in [0.4, 0.5) is 0 Å². The maximum atomic E-state index is 12.9. The van der Waals surface area contributed by atoms with Gasteiger partial charge in [-0.15, -0.1) is 11.3 Å². The first-order chi connectivity index (χ1) is 10.1. The molecular weight excluding hydrogens is 302 g/mol. The Morgan fingerprint density at radius 3 is 2.62 bits per heavy atom. The molecule has 112 valence electrons. The molecule has 1 aliphatic heterocycles. The molecule has 1 aliphatic rings. The Morgan fingerprint density at radius 1 is 1.24 bits per heavy atom. The lowest BCUT2D eigenvalue weighted by Crippen LogP contribution is -2.30. The summed E-state index contributed by atoms with van der Waals surface area (Å²) in [5, 5.41) is 2.01. The van der Waals surface area contributed by atoms with Crippen LogP contribution in [0.15, 0.2) is 46.7 Å². The van der Waals surface area contributed by atoms with Gasteiger partial charge in [0.25, 0.3) is 0 Å². The maximum absolute atomic E-state index is 12.9. The lowest BCUT2D eigenvalue weighted by atomic mass is 10.2. The fourth-order valence-corrected chi connectivity index (χ4v) is 5.44. The SMILES string of the molecule is CCc1ccc(S(=O)(=O)N2CCC[C@@H]2c2cccs2)cc1. The van der Waals surface area contributed by atoms with Gasteiger partial charge in [-0.25, -0.2) is 8.42 Å². The van der Waals surface area contributed by atoms with E-state index in [-0.39, 0.29) is 6.04 Å². The van der Waals surface area contributed by atoms with Crippen molar-refractivity contribution in [2.75, 3.05) is 6.54 Å². The van der Waals surface area contributed by atoms with Gasteiger partial charge >= 0.3 is 0 Å². The minimum atomic E-state index is -3.40. The quantitative estimate of drug-likeness (QED) is 0.858. The number of hydrogen-bond donors (Lipinski definition) is 0. The zero-order chi connectivity index (χ0) is 14.9. The summed E-state index contributed by atoms with van der Waals surface area (Å²) in [4.78, 5) is 1.55. The Labute approximate surface area is 130 Å². The fourth-order valence-electron chi connectivity index (χ4n) is 2.83. The molecule has 0 saturated carbocycles. The Morgan fingerprint density at radius 2 is 2.00 bits per heavy atom. The summed E-state index contributed by atoms with van der Waals surface area (Å²) < 4.78 is 27.4. The van der Waals surface area contributed by atoms with Gasteiger partial charge in [-0.2, -0.15) is 4.31 Å². The Kier molecular flexibility index (Phi) is 4.15. The van der Waals surface area contributed by atoms with Gasteiger partial charge in [0.2, 0.25) is 10.0 Å². The van der Waals surface area contributed by atoms with Gasteiger partial charge in [0.05, 0.1) is 10.9 Å². The van der Waals surface area contributed by atoms with E-state index in [1.807, 2.05) is 29.6 Å². The van der Waals surface area contributed by atoms with Crippen LogP contribution in [0.1, 0.15) is 36.2 Å². The van der Waals surface area contributed by atoms with Crippen molar-refractivity contribution < 1.29 is 8.42 Å². The molecule has 2 heterocycles. The van der Waals surface area contributed by atoms with Crippen molar-refractivity contribution >= 4 is 21.4 Å². The van der Waals surface area contributed by atoms with E-state index >= 15 is 0 Å². The van der Waals surface area contributed by atoms with Crippen molar-refractivity contribution in [1.82, 2.24) is 4.31 Å². The average Bonchev–Trinajstić information content (AvgIpc) is 3.17. The van der Waals surface area contributed by atoms with Gasteiger partial charge in [-0.05, 0) is 48.4 Å². The third-order valence-electron chi connectivity index (χ3n) is 4.01. The molecule has 0 aliphatic carbocycles. The van der Waals surface area contributed by atoms with Gasteiger partial charge in [-0.3, -0.25) is 0 Å². The molecule has 1 saturated heterocycles. The molecule has 0 bridgehead atoms. The van der Waals surface area contributed by atoms with E-state index in [0.29, 0.717) is 11.4 Å². The number of sulfonamides is 1. The van der Waals surface area contributed by atoms with Gasteiger partial charge in [0.1, 0.15) is 0 Å². The zero-order valence-corrected chi connectivity index (χ0v) is 13.7. The zero-order valence-electron chi connectivity index (χ0n) is 12.0. The smallest absolute Gasteiger partial charge is 0.207 e. The van der Waals surface area contributed by atoms with Gasteiger partial charge < -0.3 is 0 Å². The summed E-state index contributed by atoms with van der Waals surface area (Å²) in [6, 6.07) is 11.3. The van der Waals surface area contributed by atoms with E-state index < -0.39 is 10.0 Å². The summed E-state index contributed by atoms with van der Waals surface area (Å²) in [5.74, 6) is 0. The molecule has 21 heavy (non-hydrogen) atoms. The summed E-state index contributed by atoms with van der Waals surface area (Å²) in [6.45, 7) is 2.68. The van der Waals surface area contributed by atoms with Crippen molar-refractivity contribution in [3.05, 3.63) is 52.2 Å². The van der Waals surface area contributed by atoms with Crippen LogP contribution in [0.2, 0.25) is 0 Å². The summed E-state index contributed by atoms with van der Waals surface area (Å²) in [7, 11) is -3.40. The molecule has 3 nitrogen and oxygen atoms in total. The Bertz CT molecular complexity index is 690. The number of aryl methyl sites for hydroxylation is 1. The third kappa shape index (κ3) is 2.78. The maximum Gasteiger partial charge on any atom is 0.243 e. The van der Waals surface area contributed by atoms with Crippen molar-refractivity contribution in [1.29, 1.82) is 0 Å². The second-order valence-electron chi connectivity index (χ2n) is 5.29. The molecular formula is C16H19NO2S2. The van der Waals surface area contributed by atoms with E-state index in [2.05, 4.69) is 6.92 Å². The highest BCUT2D eigenvalue weighted by molar-refractivity contribution is 7.89. The van der Waals surface area contributed by atoms with Crippen LogP contribution >= 0.6 is 11.3 Å². The van der Waals surface area contributed by atoms with Crippen LogP contribution in [-0.4, -0.2) is 19.3 Å². The molecule has 5 heteroatoms. The molecule has 0 spiro atoms. The first-order valence-electron chi connectivity index (χ1n) is 7.27. The van der Waals surface area contributed by atoms with Crippen LogP contribution < -0.4 is 0 Å². The molecule has 1 atom stereocenters. The number of thiophene rings is 1. The van der Waals surface area contributed by atoms with E-state index in [0.717, 1.165) is 29.7 Å². The predicted molar refractivity (Wildman–Crippen MR) is 86.0 cm³/mol. The van der Waals surface area contributed by atoms with E-state index in [9.17, 15) is 8.42 Å². The van der Waals surface area contributed by atoms with Gasteiger partial charge in [0.15, 0.2) is 0 Å². The monoisotopic (exact) mass is 321 g/mol. The van der Waals surface area contributed by atoms with Crippen molar-refractivity contribution in [2.24, 2.45) is 0 Å². The van der Waals surface area contributed by atoms with Gasteiger partial charge in [0, 0.05) is 11.4 Å². The van der Waals surface area contributed by atoms with Crippen LogP contribution in [0.3, 0.4) is 0 Å². The number of hydrogen-bond acceptors (Lipinski definition) is 3. The van der Waals surface area contributed by atoms with Gasteiger partial charge in [-0.1, -0.05) is 25.1 Å². The standard InChI is InChI=1S/C16H19NO2S2/c1-2-13-7-9-14(10-8-13)21(18,19)17-11-3-5-15(17)16-6-4-12-20-16/h4,6-10,12,15H,2-3,5,11H2,1H3/t15-/m1/s1. The van der Waals surface area contributed by atoms with Crippen molar-refractivity contribution in [3.8, 4) is 0 Å². The molecule has 1 aromatic heterocycles. The highest BCUT2D eigenvalue weighted by atomic mass is 32.2. The highest BCUT2D eigenvalue weighted by Gasteiger charge is 2.36. The molecule has 3 rings (SSSR count). The molecule has 0 N–H and O–H groups in total. The van der Waals surface area contributed by atoms with Crippen molar-refractivity contribution in [3.63, 3.8) is 0 Å². The molecule has 0 unspecified atom stereocenters. The Balaban J connectivity index is 1.93. The van der Waals surface area contributed by atoms with Crippen LogP contribution in [-0.2, 0) is 16.4 Å². The second-order valence-corrected chi connectivity index (χ2v) is 8.16. The molecule has 0 amide bonds. The normalized spacial score (nSPS) is 20.0. The molecule has 2 aromatic rings. The Hall–Kier alpha value is -1.17. The first-order valence-corrected chi connectivity index (χ1v) is 9.59. The fraction of sp³-hybridized carbons (Fsp3) is 0.375. The van der Waals surface area contributed by atoms with Crippen LogP contribution in [0.5, 0.6) is 0 Å². The summed E-state index contributed by atoms with van der Waals surface area (Å²) in [5.41, 5.74) is 1.16. The molecule has 0 radical (unpaired) electrons.